The maximum absolute atomic E-state index is 5.67. The third-order valence-corrected chi connectivity index (χ3v) is 4.13. The number of ether oxygens (including phenoxy) is 1. The Morgan fingerprint density at radius 2 is 2.00 bits per heavy atom. The van der Waals surface area contributed by atoms with E-state index in [4.69, 9.17) is 4.74 Å². The zero-order valence-electron chi connectivity index (χ0n) is 14.7. The van der Waals surface area contributed by atoms with Crippen LogP contribution in [0, 0.1) is 5.92 Å². The van der Waals surface area contributed by atoms with E-state index < -0.39 is 0 Å². The van der Waals surface area contributed by atoms with Crippen molar-refractivity contribution in [2.45, 2.75) is 39.7 Å². The molecule has 5 heteroatoms. The van der Waals surface area contributed by atoms with Crippen LogP contribution in [-0.4, -0.2) is 29.2 Å². The van der Waals surface area contributed by atoms with Gasteiger partial charge in [0.25, 0.3) is 0 Å². The lowest BCUT2D eigenvalue weighted by Crippen LogP contribution is -2.34. The smallest absolute Gasteiger partial charge is 0.135 e. The van der Waals surface area contributed by atoms with Gasteiger partial charge in [0, 0.05) is 24.8 Å². The van der Waals surface area contributed by atoms with Gasteiger partial charge in [0.1, 0.15) is 23.7 Å². The lowest BCUT2D eigenvalue weighted by molar-refractivity contribution is 0.242. The summed E-state index contributed by atoms with van der Waals surface area (Å²) in [7, 11) is 0. The van der Waals surface area contributed by atoms with Crippen molar-refractivity contribution in [2.75, 3.05) is 23.3 Å². The van der Waals surface area contributed by atoms with Crippen molar-refractivity contribution in [1.29, 1.82) is 0 Å². The number of piperidine rings is 1. The second-order valence-electron chi connectivity index (χ2n) is 6.77. The third kappa shape index (κ3) is 4.37. The maximum Gasteiger partial charge on any atom is 0.135 e. The topological polar surface area (TPSA) is 50.3 Å². The Kier molecular flexibility index (Phi) is 5.18. The van der Waals surface area contributed by atoms with Crippen molar-refractivity contribution in [3.05, 3.63) is 36.7 Å². The van der Waals surface area contributed by atoms with E-state index in [0.717, 1.165) is 42.1 Å². The van der Waals surface area contributed by atoms with E-state index in [2.05, 4.69) is 27.1 Å². The van der Waals surface area contributed by atoms with Crippen molar-refractivity contribution in [2.24, 2.45) is 5.92 Å². The molecule has 3 rings (SSSR count). The molecule has 24 heavy (non-hydrogen) atoms. The Bertz CT molecular complexity index is 657. The van der Waals surface area contributed by atoms with Gasteiger partial charge in [0.05, 0.1) is 6.10 Å². The third-order valence-electron chi connectivity index (χ3n) is 4.13. The average Bonchev–Trinajstić information content (AvgIpc) is 2.56. The molecule has 0 radical (unpaired) electrons. The summed E-state index contributed by atoms with van der Waals surface area (Å²) in [6.07, 6.45) is 4.34. The Balaban J connectivity index is 1.68. The van der Waals surface area contributed by atoms with Gasteiger partial charge in [-0.05, 0) is 56.9 Å². The second kappa shape index (κ2) is 7.51. The van der Waals surface area contributed by atoms with Crippen LogP contribution in [0.4, 0.5) is 17.3 Å². The Morgan fingerprint density at radius 3 is 2.71 bits per heavy atom. The molecule has 0 bridgehead atoms. The first kappa shape index (κ1) is 16.6. The van der Waals surface area contributed by atoms with E-state index in [1.54, 1.807) is 6.33 Å². The molecule has 1 unspecified atom stereocenters. The molecule has 1 aliphatic rings. The molecule has 1 saturated heterocycles. The number of rotatable bonds is 5. The van der Waals surface area contributed by atoms with Crippen LogP contribution in [0.5, 0.6) is 5.75 Å². The van der Waals surface area contributed by atoms with Crippen LogP contribution < -0.4 is 15.0 Å². The van der Waals surface area contributed by atoms with Crippen molar-refractivity contribution in [3.8, 4) is 5.75 Å². The van der Waals surface area contributed by atoms with Gasteiger partial charge in [-0.1, -0.05) is 6.92 Å². The molecule has 0 amide bonds. The molecular weight excluding hydrogens is 300 g/mol. The number of nitrogens with zero attached hydrogens (tertiary/aromatic N) is 3. The van der Waals surface area contributed by atoms with E-state index in [1.165, 1.54) is 12.8 Å². The molecule has 128 valence electrons. The van der Waals surface area contributed by atoms with Gasteiger partial charge in [-0.15, -0.1) is 0 Å². The van der Waals surface area contributed by atoms with Crippen LogP contribution in [0.2, 0.25) is 0 Å². The largest absolute Gasteiger partial charge is 0.491 e. The molecule has 1 N–H and O–H groups in total. The van der Waals surface area contributed by atoms with Crippen LogP contribution in [0.15, 0.2) is 36.7 Å². The highest BCUT2D eigenvalue weighted by Gasteiger charge is 2.17. The molecule has 0 saturated carbocycles. The first-order valence-electron chi connectivity index (χ1n) is 8.71. The van der Waals surface area contributed by atoms with Gasteiger partial charge < -0.3 is 15.0 Å². The molecule has 2 aromatic rings. The molecule has 1 aliphatic heterocycles. The summed E-state index contributed by atoms with van der Waals surface area (Å²) in [6, 6.07) is 9.97. The SMILES string of the molecule is CC1CCCN(c2cc(Nc3ccc(OC(C)C)cc3)ncn2)C1. The Morgan fingerprint density at radius 1 is 1.21 bits per heavy atom. The normalized spacial score (nSPS) is 17.8. The van der Waals surface area contributed by atoms with Crippen molar-refractivity contribution < 1.29 is 4.74 Å². The average molecular weight is 326 g/mol. The molecule has 0 aliphatic carbocycles. The minimum atomic E-state index is 0.181. The highest BCUT2D eigenvalue weighted by atomic mass is 16.5. The minimum absolute atomic E-state index is 0.181. The predicted molar refractivity (Wildman–Crippen MR) is 98.1 cm³/mol. The number of hydrogen-bond donors (Lipinski definition) is 1. The van der Waals surface area contributed by atoms with Crippen molar-refractivity contribution >= 4 is 17.3 Å². The van der Waals surface area contributed by atoms with Gasteiger partial charge in [-0.2, -0.15) is 0 Å². The monoisotopic (exact) mass is 326 g/mol. The standard InChI is InChI=1S/C19H26N4O/c1-14(2)24-17-8-6-16(7-9-17)22-18-11-19(21-13-20-18)23-10-4-5-15(3)12-23/h6-9,11,13-15H,4-5,10,12H2,1-3H3,(H,20,21,22). The second-order valence-corrected chi connectivity index (χ2v) is 6.77. The van der Waals surface area contributed by atoms with Crippen LogP contribution >= 0.6 is 0 Å². The molecule has 2 heterocycles. The Labute approximate surface area is 144 Å². The van der Waals surface area contributed by atoms with Crippen LogP contribution in [0.3, 0.4) is 0 Å². The lowest BCUT2D eigenvalue weighted by atomic mass is 10.0. The fraction of sp³-hybridized carbons (Fsp3) is 0.474. The number of anilines is 3. The first-order chi connectivity index (χ1) is 11.6. The van der Waals surface area contributed by atoms with Crippen LogP contribution in [0.1, 0.15) is 33.6 Å². The number of aromatic nitrogens is 2. The molecular formula is C19H26N4O. The van der Waals surface area contributed by atoms with E-state index in [1.807, 2.05) is 44.2 Å². The number of benzene rings is 1. The molecule has 5 nitrogen and oxygen atoms in total. The molecule has 1 fully saturated rings. The summed E-state index contributed by atoms with van der Waals surface area (Å²) in [5, 5.41) is 3.34. The van der Waals surface area contributed by atoms with Gasteiger partial charge >= 0.3 is 0 Å². The van der Waals surface area contributed by atoms with Crippen molar-refractivity contribution in [1.82, 2.24) is 9.97 Å². The summed E-state index contributed by atoms with van der Waals surface area (Å²) in [5.74, 6) is 3.41. The van der Waals surface area contributed by atoms with Crippen LogP contribution in [0.25, 0.3) is 0 Å². The molecule has 1 atom stereocenters. The summed E-state index contributed by atoms with van der Waals surface area (Å²) in [4.78, 5) is 11.1. The molecule has 0 spiro atoms. The summed E-state index contributed by atoms with van der Waals surface area (Å²) in [6.45, 7) is 8.49. The lowest BCUT2D eigenvalue weighted by Gasteiger charge is -2.31. The number of hydrogen-bond acceptors (Lipinski definition) is 5. The predicted octanol–water partition coefficient (Wildman–Crippen LogP) is 4.24. The Hall–Kier alpha value is -2.30. The van der Waals surface area contributed by atoms with E-state index in [-0.39, 0.29) is 6.10 Å². The summed E-state index contributed by atoms with van der Waals surface area (Å²) in [5.41, 5.74) is 0.989. The van der Waals surface area contributed by atoms with Crippen LogP contribution in [-0.2, 0) is 0 Å². The number of nitrogens with one attached hydrogen (secondary N) is 1. The molecule has 1 aromatic carbocycles. The van der Waals surface area contributed by atoms with Gasteiger partial charge in [-0.25, -0.2) is 9.97 Å². The fourth-order valence-corrected chi connectivity index (χ4v) is 3.02. The highest BCUT2D eigenvalue weighted by Crippen LogP contribution is 2.24. The summed E-state index contributed by atoms with van der Waals surface area (Å²) >= 11 is 0. The highest BCUT2D eigenvalue weighted by molar-refractivity contribution is 5.60. The van der Waals surface area contributed by atoms with Gasteiger partial charge in [0.2, 0.25) is 0 Å². The zero-order valence-corrected chi connectivity index (χ0v) is 14.7. The van der Waals surface area contributed by atoms with Crippen molar-refractivity contribution in [3.63, 3.8) is 0 Å². The molecule has 1 aromatic heterocycles. The van der Waals surface area contributed by atoms with Gasteiger partial charge in [-0.3, -0.25) is 0 Å². The maximum atomic E-state index is 5.67. The van der Waals surface area contributed by atoms with E-state index in [9.17, 15) is 0 Å². The fourth-order valence-electron chi connectivity index (χ4n) is 3.02. The summed E-state index contributed by atoms with van der Waals surface area (Å²) < 4.78 is 5.67. The first-order valence-corrected chi connectivity index (χ1v) is 8.71. The van der Waals surface area contributed by atoms with E-state index in [0.29, 0.717) is 0 Å². The van der Waals surface area contributed by atoms with Gasteiger partial charge in [0.15, 0.2) is 0 Å². The van der Waals surface area contributed by atoms with E-state index >= 15 is 0 Å². The quantitative estimate of drug-likeness (QED) is 0.890. The minimum Gasteiger partial charge on any atom is -0.491 e. The zero-order chi connectivity index (χ0) is 16.9.